The van der Waals surface area contributed by atoms with E-state index in [1.165, 1.54) is 11.7 Å². The number of pyridine rings is 1. The summed E-state index contributed by atoms with van der Waals surface area (Å²) in [6, 6.07) is 0. The van der Waals surface area contributed by atoms with Crippen LogP contribution in [0.1, 0.15) is 10.4 Å². The molecule has 0 aromatic carbocycles. The van der Waals surface area contributed by atoms with E-state index in [4.69, 9.17) is 5.11 Å². The first-order valence-electron chi connectivity index (χ1n) is 5.57. The van der Waals surface area contributed by atoms with Crippen molar-refractivity contribution in [1.29, 1.82) is 0 Å². The molecule has 0 unspecified atom stereocenters. The second kappa shape index (κ2) is 5.19. The largest absolute Gasteiger partial charge is 0.485 e. The van der Waals surface area contributed by atoms with Crippen molar-refractivity contribution in [1.82, 2.24) is 14.8 Å². The van der Waals surface area contributed by atoms with Gasteiger partial charge in [-0.3, -0.25) is 4.68 Å². The lowest BCUT2D eigenvalue weighted by molar-refractivity contribution is -0.148. The summed E-state index contributed by atoms with van der Waals surface area (Å²) in [5.74, 6) is -6.35. The van der Waals surface area contributed by atoms with E-state index < -0.39 is 36.2 Å². The number of hydrogen-bond donors (Lipinski definition) is 1. The van der Waals surface area contributed by atoms with E-state index >= 15 is 0 Å². The summed E-state index contributed by atoms with van der Waals surface area (Å²) in [7, 11) is 1.49. The first kappa shape index (κ1) is 15.0. The molecule has 0 saturated carbocycles. The van der Waals surface area contributed by atoms with Gasteiger partial charge in [-0.2, -0.15) is 13.9 Å². The Morgan fingerprint density at radius 2 is 2.14 bits per heavy atom. The number of hydrogen-bond acceptors (Lipinski definition) is 4. The molecule has 1 N–H and O–H groups in total. The molecule has 21 heavy (non-hydrogen) atoms. The van der Waals surface area contributed by atoms with E-state index in [0.717, 1.165) is 12.4 Å². The second-order valence-electron chi connectivity index (χ2n) is 4.16. The van der Waals surface area contributed by atoms with E-state index in [1.54, 1.807) is 0 Å². The predicted octanol–water partition coefficient (Wildman–Crippen LogP) is 1.95. The fourth-order valence-corrected chi connectivity index (χ4v) is 1.61. The molecule has 0 amide bonds. The van der Waals surface area contributed by atoms with E-state index in [9.17, 15) is 22.4 Å². The van der Waals surface area contributed by atoms with Crippen molar-refractivity contribution in [2.24, 2.45) is 7.05 Å². The number of carboxylic acid groups (broad SMARTS) is 1. The number of alkyl halides is 4. The molecule has 2 rings (SSSR count). The van der Waals surface area contributed by atoms with Crippen LogP contribution in [0.3, 0.4) is 0 Å². The lowest BCUT2D eigenvalue weighted by atomic mass is 10.2. The van der Waals surface area contributed by atoms with Crippen LogP contribution in [0, 0.1) is 0 Å². The summed E-state index contributed by atoms with van der Waals surface area (Å²) in [6.07, 6.45) is -1.87. The lowest BCUT2D eigenvalue weighted by Crippen LogP contribution is -2.34. The number of rotatable bonds is 5. The Labute approximate surface area is 114 Å². The Balaban J connectivity index is 2.45. The molecule has 0 aliphatic carbocycles. The predicted molar refractivity (Wildman–Crippen MR) is 61.9 cm³/mol. The number of fused-ring (bicyclic) bond motifs is 1. The summed E-state index contributed by atoms with van der Waals surface area (Å²) in [5.41, 5.74) is -0.337. The van der Waals surface area contributed by atoms with Gasteiger partial charge < -0.3 is 9.84 Å². The Bertz CT molecular complexity index is 687. The van der Waals surface area contributed by atoms with Gasteiger partial charge in [-0.25, -0.2) is 18.6 Å². The molecule has 0 aliphatic heterocycles. The summed E-state index contributed by atoms with van der Waals surface area (Å²) in [4.78, 5) is 14.9. The zero-order chi connectivity index (χ0) is 15.8. The summed E-state index contributed by atoms with van der Waals surface area (Å²) >= 11 is 0. The zero-order valence-electron chi connectivity index (χ0n) is 10.6. The Morgan fingerprint density at radius 1 is 1.48 bits per heavy atom. The van der Waals surface area contributed by atoms with Crippen LogP contribution in [0.4, 0.5) is 17.6 Å². The summed E-state index contributed by atoms with van der Waals surface area (Å²) < 4.78 is 56.0. The topological polar surface area (TPSA) is 77.2 Å². The van der Waals surface area contributed by atoms with Crippen molar-refractivity contribution >= 4 is 17.0 Å². The molecule has 0 radical (unpaired) electrons. The third kappa shape index (κ3) is 2.73. The monoisotopic (exact) mass is 307 g/mol. The van der Waals surface area contributed by atoms with E-state index in [2.05, 4.69) is 14.8 Å². The molecule has 0 spiro atoms. The average molecular weight is 307 g/mol. The molecule has 2 heterocycles. The van der Waals surface area contributed by atoms with Gasteiger partial charge in [0, 0.05) is 13.2 Å². The maximum absolute atomic E-state index is 12.9. The summed E-state index contributed by atoms with van der Waals surface area (Å²) in [6.45, 7) is -1.65. The molecule has 2 aromatic heterocycles. The van der Waals surface area contributed by atoms with Gasteiger partial charge in [0.1, 0.15) is 11.3 Å². The highest BCUT2D eigenvalue weighted by Gasteiger charge is 2.42. The number of aromatic carboxylic acids is 1. The van der Waals surface area contributed by atoms with Crippen LogP contribution < -0.4 is 4.74 Å². The van der Waals surface area contributed by atoms with Crippen molar-refractivity contribution < 1.29 is 32.2 Å². The highest BCUT2D eigenvalue weighted by atomic mass is 19.3. The van der Waals surface area contributed by atoms with Crippen molar-refractivity contribution in [3.05, 3.63) is 18.0 Å². The Hall–Kier alpha value is -2.39. The van der Waals surface area contributed by atoms with Crippen LogP contribution in [0.5, 0.6) is 5.75 Å². The fraction of sp³-hybridized carbons (Fsp3) is 0.364. The standard InChI is InChI=1S/C11H9F4N3O3/c1-18-8-5(3-17-18)7(6(2-16-8)9(19)20)21-4-11(14,15)10(12)13/h2-3,10H,4H2,1H3,(H,19,20). The van der Waals surface area contributed by atoms with Crippen molar-refractivity contribution in [3.8, 4) is 5.75 Å². The number of ether oxygens (including phenoxy) is 1. The Kier molecular flexibility index (Phi) is 3.71. The van der Waals surface area contributed by atoms with Gasteiger partial charge in [0.2, 0.25) is 0 Å². The van der Waals surface area contributed by atoms with Gasteiger partial charge in [-0.05, 0) is 0 Å². The van der Waals surface area contributed by atoms with Crippen LogP contribution in [0.15, 0.2) is 12.4 Å². The van der Waals surface area contributed by atoms with E-state index in [-0.39, 0.29) is 11.0 Å². The van der Waals surface area contributed by atoms with Crippen molar-refractivity contribution in [2.45, 2.75) is 12.3 Å². The van der Waals surface area contributed by atoms with Gasteiger partial charge in [-0.1, -0.05) is 0 Å². The highest BCUT2D eigenvalue weighted by Crippen LogP contribution is 2.31. The van der Waals surface area contributed by atoms with Gasteiger partial charge in [-0.15, -0.1) is 0 Å². The van der Waals surface area contributed by atoms with E-state index in [1.807, 2.05) is 0 Å². The minimum atomic E-state index is -4.40. The minimum Gasteiger partial charge on any atom is -0.485 e. The van der Waals surface area contributed by atoms with Crippen LogP contribution in [0.2, 0.25) is 0 Å². The fourth-order valence-electron chi connectivity index (χ4n) is 1.61. The molecular formula is C11H9F4N3O3. The molecule has 0 aliphatic rings. The maximum atomic E-state index is 12.9. The smallest absolute Gasteiger partial charge is 0.341 e. The van der Waals surface area contributed by atoms with Gasteiger partial charge in [0.05, 0.1) is 11.6 Å². The molecule has 0 atom stereocenters. The number of carboxylic acids is 1. The van der Waals surface area contributed by atoms with Crippen LogP contribution >= 0.6 is 0 Å². The maximum Gasteiger partial charge on any atom is 0.341 e. The number of carbonyl (C=O) groups is 1. The van der Waals surface area contributed by atoms with Crippen LogP contribution in [0.25, 0.3) is 11.0 Å². The van der Waals surface area contributed by atoms with Crippen molar-refractivity contribution in [3.63, 3.8) is 0 Å². The molecule has 0 bridgehead atoms. The molecule has 0 saturated heterocycles. The normalized spacial score (nSPS) is 12.1. The number of halogens is 4. The van der Waals surface area contributed by atoms with E-state index in [0.29, 0.717) is 0 Å². The molecule has 114 valence electrons. The number of aryl methyl sites for hydroxylation is 1. The van der Waals surface area contributed by atoms with Gasteiger partial charge >= 0.3 is 18.3 Å². The SMILES string of the molecule is Cn1ncc2c(OCC(F)(F)C(F)F)c(C(=O)O)cnc21. The van der Waals surface area contributed by atoms with Crippen molar-refractivity contribution in [2.75, 3.05) is 6.61 Å². The average Bonchev–Trinajstić information content (AvgIpc) is 2.77. The van der Waals surface area contributed by atoms with Crippen LogP contribution in [-0.4, -0.2) is 44.8 Å². The van der Waals surface area contributed by atoms with Crippen LogP contribution in [-0.2, 0) is 7.05 Å². The first-order chi connectivity index (χ1) is 9.74. The quantitative estimate of drug-likeness (QED) is 0.854. The Morgan fingerprint density at radius 3 is 2.71 bits per heavy atom. The molecular weight excluding hydrogens is 298 g/mol. The lowest BCUT2D eigenvalue weighted by Gasteiger charge is -2.17. The van der Waals surface area contributed by atoms with Gasteiger partial charge in [0.25, 0.3) is 0 Å². The zero-order valence-corrected chi connectivity index (χ0v) is 10.6. The number of aromatic nitrogens is 3. The molecule has 2 aromatic rings. The third-order valence-electron chi connectivity index (χ3n) is 2.67. The second-order valence-corrected chi connectivity index (χ2v) is 4.16. The summed E-state index contributed by atoms with van der Waals surface area (Å²) in [5, 5.41) is 12.8. The number of nitrogens with zero attached hydrogens (tertiary/aromatic N) is 3. The van der Waals surface area contributed by atoms with Gasteiger partial charge in [0.15, 0.2) is 12.3 Å². The molecule has 0 fully saturated rings. The minimum absolute atomic E-state index is 0.0440. The third-order valence-corrected chi connectivity index (χ3v) is 2.67. The molecule has 10 heteroatoms. The molecule has 6 nitrogen and oxygen atoms in total. The highest BCUT2D eigenvalue weighted by molar-refractivity contribution is 5.97. The first-order valence-corrected chi connectivity index (χ1v) is 5.57.